The molecule has 0 fully saturated rings. The second-order valence-corrected chi connectivity index (χ2v) is 8.16. The van der Waals surface area contributed by atoms with E-state index in [1.54, 1.807) is 0 Å². The highest BCUT2D eigenvalue weighted by molar-refractivity contribution is 7.99. The summed E-state index contributed by atoms with van der Waals surface area (Å²) in [5, 5.41) is 15.7. The van der Waals surface area contributed by atoms with Crippen molar-refractivity contribution in [2.75, 3.05) is 16.5 Å². The van der Waals surface area contributed by atoms with E-state index in [0.29, 0.717) is 0 Å². The molecular formula is C23H19F3N6OS. The molecule has 0 saturated heterocycles. The largest absolute Gasteiger partial charge is 0.418 e. The third kappa shape index (κ3) is 5.73. The zero-order chi connectivity index (χ0) is 24.1. The topological polar surface area (TPSA) is 95.1 Å². The molecule has 174 valence electrons. The molecule has 7 nitrogen and oxygen atoms in total. The number of hydrogen-bond donors (Lipinski definition) is 3. The van der Waals surface area contributed by atoms with Crippen LogP contribution in [0.1, 0.15) is 18.1 Å². The Kier molecular flexibility index (Phi) is 6.82. The number of alkyl halides is 3. The lowest BCUT2D eigenvalue weighted by Crippen LogP contribution is -2.18. The SMILES string of the molecule is C/C(=N/Nc1nc(SCC(=O)Nc2ccccc2C(F)(F)F)n[nH]1)c1ccc2ccccc2c1. The first-order valence-corrected chi connectivity index (χ1v) is 11.1. The fourth-order valence-corrected chi connectivity index (χ4v) is 3.73. The number of nitrogens with one attached hydrogen (secondary N) is 3. The van der Waals surface area contributed by atoms with E-state index < -0.39 is 17.6 Å². The molecule has 0 spiro atoms. The number of halogens is 3. The lowest BCUT2D eigenvalue weighted by molar-refractivity contribution is -0.137. The van der Waals surface area contributed by atoms with Crippen LogP contribution < -0.4 is 10.7 Å². The average Bonchev–Trinajstić information content (AvgIpc) is 3.28. The maximum Gasteiger partial charge on any atom is 0.418 e. The Balaban J connectivity index is 1.33. The number of carbonyl (C=O) groups excluding carboxylic acids is 1. The van der Waals surface area contributed by atoms with Gasteiger partial charge in [0.25, 0.3) is 0 Å². The number of nitrogens with zero attached hydrogens (tertiary/aromatic N) is 3. The molecule has 1 aromatic heterocycles. The van der Waals surface area contributed by atoms with Gasteiger partial charge in [-0.2, -0.15) is 23.3 Å². The smallest absolute Gasteiger partial charge is 0.325 e. The van der Waals surface area contributed by atoms with Crippen LogP contribution in [0.5, 0.6) is 0 Å². The molecule has 0 aliphatic heterocycles. The highest BCUT2D eigenvalue weighted by atomic mass is 32.2. The molecule has 0 aliphatic rings. The van der Waals surface area contributed by atoms with Crippen LogP contribution in [0.3, 0.4) is 0 Å². The summed E-state index contributed by atoms with van der Waals surface area (Å²) in [6, 6.07) is 18.8. The molecule has 4 rings (SSSR count). The summed E-state index contributed by atoms with van der Waals surface area (Å²) in [7, 11) is 0. The molecule has 0 radical (unpaired) electrons. The van der Waals surface area contributed by atoms with Gasteiger partial charge in [0.05, 0.1) is 22.7 Å². The van der Waals surface area contributed by atoms with Gasteiger partial charge in [-0.25, -0.2) is 10.5 Å². The van der Waals surface area contributed by atoms with Crippen molar-refractivity contribution in [3.63, 3.8) is 0 Å². The van der Waals surface area contributed by atoms with Gasteiger partial charge in [-0.1, -0.05) is 60.3 Å². The molecule has 1 amide bonds. The number of rotatable bonds is 7. The van der Waals surface area contributed by atoms with Crippen LogP contribution in [0.2, 0.25) is 0 Å². The summed E-state index contributed by atoms with van der Waals surface area (Å²) < 4.78 is 39.2. The maximum absolute atomic E-state index is 13.1. The summed E-state index contributed by atoms with van der Waals surface area (Å²) in [6.07, 6.45) is -4.56. The van der Waals surface area contributed by atoms with E-state index in [1.165, 1.54) is 18.2 Å². The fourth-order valence-electron chi connectivity index (χ4n) is 3.13. The van der Waals surface area contributed by atoms with Gasteiger partial charge >= 0.3 is 6.18 Å². The molecule has 0 atom stereocenters. The second kappa shape index (κ2) is 9.96. The number of para-hydroxylation sites is 1. The van der Waals surface area contributed by atoms with Gasteiger partial charge in [-0.3, -0.25) is 4.79 Å². The Morgan fingerprint density at radius 3 is 2.59 bits per heavy atom. The molecule has 3 aromatic carbocycles. The standard InChI is InChI=1S/C23H19F3N6OS/c1-14(16-11-10-15-6-2-3-7-17(15)12-16)29-30-21-28-22(32-31-21)34-13-20(33)27-19-9-5-4-8-18(19)23(24,25)26/h2-12H,13H2,1H3,(H,27,33)(H2,28,30,31,32)/b29-14-. The minimum atomic E-state index is -4.56. The van der Waals surface area contributed by atoms with Crippen LogP contribution in [0.25, 0.3) is 10.8 Å². The Hall–Kier alpha value is -3.86. The van der Waals surface area contributed by atoms with Crippen molar-refractivity contribution in [3.05, 3.63) is 77.9 Å². The van der Waals surface area contributed by atoms with Crippen LogP contribution >= 0.6 is 11.8 Å². The van der Waals surface area contributed by atoms with E-state index in [4.69, 9.17) is 0 Å². The van der Waals surface area contributed by atoms with E-state index in [-0.39, 0.29) is 22.5 Å². The number of fused-ring (bicyclic) bond motifs is 1. The summed E-state index contributed by atoms with van der Waals surface area (Å²) in [4.78, 5) is 16.3. The van der Waals surface area contributed by atoms with Crippen molar-refractivity contribution in [3.8, 4) is 0 Å². The summed E-state index contributed by atoms with van der Waals surface area (Å²) in [6.45, 7) is 1.85. The van der Waals surface area contributed by atoms with E-state index >= 15 is 0 Å². The zero-order valence-electron chi connectivity index (χ0n) is 17.8. The van der Waals surface area contributed by atoms with Gasteiger partial charge in [0.15, 0.2) is 0 Å². The van der Waals surface area contributed by atoms with Gasteiger partial charge in [-0.05, 0) is 41.5 Å². The lowest BCUT2D eigenvalue weighted by Gasteiger charge is -2.13. The number of amides is 1. The van der Waals surface area contributed by atoms with Gasteiger partial charge in [-0.15, -0.1) is 5.10 Å². The predicted molar refractivity (Wildman–Crippen MR) is 127 cm³/mol. The van der Waals surface area contributed by atoms with Gasteiger partial charge in [0.2, 0.25) is 17.0 Å². The van der Waals surface area contributed by atoms with Gasteiger partial charge in [0.1, 0.15) is 0 Å². The van der Waals surface area contributed by atoms with Crippen molar-refractivity contribution in [2.45, 2.75) is 18.3 Å². The number of aromatic amines is 1. The molecule has 11 heteroatoms. The van der Waals surface area contributed by atoms with Crippen LogP contribution in [0.15, 0.2) is 77.0 Å². The summed E-state index contributed by atoms with van der Waals surface area (Å²) in [5.74, 6) is -0.500. The Morgan fingerprint density at radius 2 is 1.79 bits per heavy atom. The Morgan fingerprint density at radius 1 is 1.06 bits per heavy atom. The monoisotopic (exact) mass is 484 g/mol. The summed E-state index contributed by atoms with van der Waals surface area (Å²) in [5.41, 5.74) is 3.26. The predicted octanol–water partition coefficient (Wildman–Crippen LogP) is 5.54. The van der Waals surface area contributed by atoms with Crippen molar-refractivity contribution in [1.82, 2.24) is 15.2 Å². The minimum Gasteiger partial charge on any atom is -0.325 e. The third-order valence-corrected chi connectivity index (χ3v) is 5.65. The van der Waals surface area contributed by atoms with Crippen LogP contribution in [-0.4, -0.2) is 32.6 Å². The van der Waals surface area contributed by atoms with E-state index in [2.05, 4.69) is 31.0 Å². The third-order valence-electron chi connectivity index (χ3n) is 4.80. The number of aromatic nitrogens is 3. The molecular weight excluding hydrogens is 465 g/mol. The van der Waals surface area contributed by atoms with Crippen LogP contribution in [0.4, 0.5) is 24.8 Å². The summed E-state index contributed by atoms with van der Waals surface area (Å²) >= 11 is 0.979. The van der Waals surface area contributed by atoms with Crippen molar-refractivity contribution in [1.29, 1.82) is 0 Å². The van der Waals surface area contributed by atoms with E-state index in [1.807, 2.05) is 49.4 Å². The first kappa shape index (κ1) is 23.3. The van der Waals surface area contributed by atoms with Gasteiger partial charge < -0.3 is 5.32 Å². The quantitative estimate of drug-likeness (QED) is 0.182. The second-order valence-electron chi connectivity index (χ2n) is 7.22. The van der Waals surface area contributed by atoms with Crippen LogP contribution in [0, 0.1) is 0 Å². The number of hydrogen-bond acceptors (Lipinski definition) is 6. The molecule has 0 saturated carbocycles. The molecule has 0 aliphatic carbocycles. The molecule has 34 heavy (non-hydrogen) atoms. The maximum atomic E-state index is 13.1. The molecule has 4 aromatic rings. The molecule has 3 N–H and O–H groups in total. The highest BCUT2D eigenvalue weighted by Gasteiger charge is 2.33. The molecule has 0 bridgehead atoms. The lowest BCUT2D eigenvalue weighted by atomic mass is 10.0. The van der Waals surface area contributed by atoms with Crippen molar-refractivity contribution in [2.24, 2.45) is 5.10 Å². The molecule has 0 unspecified atom stereocenters. The minimum absolute atomic E-state index is 0.164. The zero-order valence-corrected chi connectivity index (χ0v) is 18.7. The van der Waals surface area contributed by atoms with Crippen LogP contribution in [-0.2, 0) is 11.0 Å². The normalized spacial score (nSPS) is 12.1. The fraction of sp³-hybridized carbons (Fsp3) is 0.130. The number of anilines is 2. The van der Waals surface area contributed by atoms with E-state index in [0.717, 1.165) is 39.9 Å². The number of carbonyl (C=O) groups is 1. The first-order chi connectivity index (χ1) is 16.3. The number of thioether (sulfide) groups is 1. The average molecular weight is 485 g/mol. The number of H-pyrrole nitrogens is 1. The Bertz CT molecular complexity index is 1350. The first-order valence-electron chi connectivity index (χ1n) is 10.1. The molecule has 1 heterocycles. The van der Waals surface area contributed by atoms with Crippen molar-refractivity contribution < 1.29 is 18.0 Å². The van der Waals surface area contributed by atoms with Gasteiger partial charge in [0, 0.05) is 0 Å². The highest BCUT2D eigenvalue weighted by Crippen LogP contribution is 2.34. The van der Waals surface area contributed by atoms with E-state index in [9.17, 15) is 18.0 Å². The number of benzene rings is 3. The Labute approximate surface area is 196 Å². The number of hydrazone groups is 1. The van der Waals surface area contributed by atoms with Crippen molar-refractivity contribution >= 4 is 45.8 Å².